The second-order valence-corrected chi connectivity index (χ2v) is 35.5. The lowest BCUT2D eigenvalue weighted by molar-refractivity contribution is 0.669. The summed E-state index contributed by atoms with van der Waals surface area (Å²) >= 11 is 0. The van der Waals surface area contributed by atoms with Crippen LogP contribution in [0.1, 0.15) is 0 Å². The summed E-state index contributed by atoms with van der Waals surface area (Å²) in [4.78, 5) is 21.7. The van der Waals surface area contributed by atoms with E-state index in [0.29, 0.717) is 11.9 Å². The molecule has 0 unspecified atom stereocenters. The van der Waals surface area contributed by atoms with Crippen molar-refractivity contribution < 1.29 is 4.42 Å². The van der Waals surface area contributed by atoms with E-state index in [4.69, 9.17) is 24.4 Å². The Hall–Kier alpha value is -18.2. The molecule has 0 aliphatic heterocycles. The predicted octanol–water partition coefficient (Wildman–Crippen LogP) is 33.2. The number of hydrogen-bond acceptors (Lipinski definition) is 5. The molecule has 0 radical (unpaired) electrons. The van der Waals surface area contributed by atoms with Crippen molar-refractivity contribution >= 4 is 163 Å². The van der Waals surface area contributed by atoms with Gasteiger partial charge in [-0.05, 0) is 232 Å². The van der Waals surface area contributed by atoms with Crippen LogP contribution in [-0.4, -0.2) is 38.2 Å². The molecule has 7 heterocycles. The van der Waals surface area contributed by atoms with Crippen molar-refractivity contribution in [1.82, 2.24) is 38.2 Å². The van der Waals surface area contributed by atoms with E-state index in [1.165, 1.54) is 120 Å². The molecular weight excluding hydrogens is 1640 g/mol. The smallest absolute Gasteiger partial charge is 0.235 e. The van der Waals surface area contributed by atoms with Crippen molar-refractivity contribution in [1.29, 1.82) is 0 Å². The van der Waals surface area contributed by atoms with Gasteiger partial charge in [0.2, 0.25) is 11.9 Å². The van der Waals surface area contributed by atoms with Gasteiger partial charge in [0.05, 0.1) is 66.9 Å². The van der Waals surface area contributed by atoms with Crippen molar-refractivity contribution in [2.24, 2.45) is 0 Å². The third-order valence-corrected chi connectivity index (χ3v) is 27.9. The Morgan fingerprint density at radius 3 is 1.00 bits per heavy atom. The van der Waals surface area contributed by atoms with Gasteiger partial charge in [0.25, 0.3) is 0 Å². The fraction of sp³-hybridized carbons (Fsp3) is 0. The Morgan fingerprint density at radius 1 is 0.156 bits per heavy atom. The minimum atomic E-state index is 0.619. The standard InChI is InChI=1S/C66H40N4O.C60H36N4/c1-3-14-41(15-4-1)44-19-11-21-47(36-44)56-40-57(48-22-12-20-45(37-48)42-16-5-2-6-17-42)68-66(67-56)70-58-25-9-7-23-51(58)54-38-46(29-33-59(54)70)50-32-34-61-65-53(50)31-28-43-18-13-26-60(64(43)65)69(61)49-30-35-63-55(39-49)52-24-8-10-27-62(52)71-63;1-4-13-41-32-45(22-20-37(41)10-1)52-36-53(46-23-21-38-11-2-5-14-42(38)33-46)62-60(61-52)64-54-18-8-7-17-49(54)51-35-44(26-30-55(51)64)48-29-31-57-59-50(48)28-25-40-16-9-19-56(58(40)59)63(57)47-27-24-39-12-3-6-15-43(39)34-47/h1-40H;1-36H. The number of para-hydroxylation sites is 3. The van der Waals surface area contributed by atoms with E-state index in [1.807, 2.05) is 12.1 Å². The number of hydrogen-bond donors (Lipinski definition) is 0. The maximum absolute atomic E-state index is 6.25. The maximum Gasteiger partial charge on any atom is 0.235 e. The van der Waals surface area contributed by atoms with Gasteiger partial charge < -0.3 is 13.6 Å². The third kappa shape index (κ3) is 12.3. The number of furan rings is 1. The van der Waals surface area contributed by atoms with Gasteiger partial charge in [0.15, 0.2) is 0 Å². The number of rotatable bonds is 12. The van der Waals surface area contributed by atoms with E-state index >= 15 is 0 Å². The molecule has 7 aromatic heterocycles. The Bertz CT molecular complexity index is 9720. The minimum absolute atomic E-state index is 0.619. The molecule has 0 aliphatic rings. The van der Waals surface area contributed by atoms with Crippen molar-refractivity contribution in [3.05, 3.63) is 461 Å². The van der Waals surface area contributed by atoms with Crippen LogP contribution in [0.3, 0.4) is 0 Å². The maximum atomic E-state index is 6.25. The molecule has 0 saturated heterocycles. The van der Waals surface area contributed by atoms with Gasteiger partial charge in [0.1, 0.15) is 11.2 Å². The molecule has 0 aliphatic carbocycles. The zero-order valence-electron chi connectivity index (χ0n) is 72.9. The quantitative estimate of drug-likeness (QED) is 0.114. The molecular formula is C126H76N8O. The molecule has 0 spiro atoms. The largest absolute Gasteiger partial charge is 0.456 e. The first-order chi connectivity index (χ1) is 66.9. The highest BCUT2D eigenvalue weighted by atomic mass is 16.3. The van der Waals surface area contributed by atoms with Crippen molar-refractivity contribution in [2.75, 3.05) is 0 Å². The van der Waals surface area contributed by atoms with Crippen LogP contribution >= 0.6 is 0 Å². The molecule has 29 aromatic rings. The highest BCUT2D eigenvalue weighted by molar-refractivity contribution is 6.29. The average molecular weight is 1720 g/mol. The highest BCUT2D eigenvalue weighted by Crippen LogP contribution is 2.49. The van der Waals surface area contributed by atoms with Crippen LogP contribution in [-0.2, 0) is 0 Å². The minimum Gasteiger partial charge on any atom is -0.456 e. The molecule has 0 bridgehead atoms. The second kappa shape index (κ2) is 30.2. The van der Waals surface area contributed by atoms with E-state index in [1.54, 1.807) is 0 Å². The molecule has 0 atom stereocenters. The van der Waals surface area contributed by atoms with Gasteiger partial charge in [-0.3, -0.25) is 9.13 Å². The summed E-state index contributed by atoms with van der Waals surface area (Å²) in [6, 6.07) is 166. The lowest BCUT2D eigenvalue weighted by atomic mass is 9.94. The first kappa shape index (κ1) is 75.8. The van der Waals surface area contributed by atoms with Crippen LogP contribution in [0.4, 0.5) is 0 Å². The van der Waals surface area contributed by atoms with E-state index in [2.05, 4.69) is 467 Å². The van der Waals surface area contributed by atoms with Crippen LogP contribution < -0.4 is 0 Å². The van der Waals surface area contributed by atoms with Crippen LogP contribution in [0, 0.1) is 0 Å². The molecule has 0 fully saturated rings. The van der Waals surface area contributed by atoms with Gasteiger partial charge >= 0.3 is 0 Å². The normalized spacial score (nSPS) is 12.0. The van der Waals surface area contributed by atoms with E-state index in [9.17, 15) is 0 Å². The Morgan fingerprint density at radius 2 is 0.496 bits per heavy atom. The van der Waals surface area contributed by atoms with Crippen LogP contribution in [0.5, 0.6) is 0 Å². The van der Waals surface area contributed by atoms with Crippen LogP contribution in [0.25, 0.3) is 276 Å². The molecule has 9 heteroatoms. The van der Waals surface area contributed by atoms with E-state index < -0.39 is 0 Å². The summed E-state index contributed by atoms with van der Waals surface area (Å²) in [5, 5.41) is 24.2. The van der Waals surface area contributed by atoms with Gasteiger partial charge in [0, 0.05) is 87.5 Å². The Labute approximate surface area is 774 Å². The summed E-state index contributed by atoms with van der Waals surface area (Å²) in [5.74, 6) is 1.26. The number of benzene rings is 22. The second-order valence-electron chi connectivity index (χ2n) is 35.5. The van der Waals surface area contributed by atoms with E-state index in [-0.39, 0.29) is 0 Å². The predicted molar refractivity (Wildman–Crippen MR) is 562 cm³/mol. The molecule has 0 amide bonds. The first-order valence-electron chi connectivity index (χ1n) is 46.0. The fourth-order valence-electron chi connectivity index (χ4n) is 21.7. The van der Waals surface area contributed by atoms with E-state index in [0.717, 1.165) is 144 Å². The summed E-state index contributed by atoms with van der Waals surface area (Å²) in [6.45, 7) is 0. The Kier molecular flexibility index (Phi) is 17.0. The average Bonchev–Trinajstić information content (AvgIpc) is 1.59. The molecule has 626 valence electrons. The van der Waals surface area contributed by atoms with Gasteiger partial charge in [-0.15, -0.1) is 0 Å². The van der Waals surface area contributed by atoms with Crippen LogP contribution in [0.15, 0.2) is 465 Å². The van der Waals surface area contributed by atoms with Gasteiger partial charge in [-0.25, -0.2) is 19.9 Å². The summed E-state index contributed by atoms with van der Waals surface area (Å²) in [5.41, 5.74) is 30.0. The molecule has 0 N–H and O–H groups in total. The monoisotopic (exact) mass is 1720 g/mol. The number of fused-ring (bicyclic) bond motifs is 12. The van der Waals surface area contributed by atoms with Gasteiger partial charge in [-0.1, -0.05) is 328 Å². The van der Waals surface area contributed by atoms with Crippen molar-refractivity contribution in [3.63, 3.8) is 0 Å². The zero-order chi connectivity index (χ0) is 88.5. The number of aromatic nitrogens is 8. The summed E-state index contributed by atoms with van der Waals surface area (Å²) in [7, 11) is 0. The third-order valence-electron chi connectivity index (χ3n) is 27.9. The zero-order valence-corrected chi connectivity index (χ0v) is 72.9. The lowest BCUT2D eigenvalue weighted by Gasteiger charge is -2.13. The summed E-state index contributed by atoms with van der Waals surface area (Å²) < 4.78 is 15.6. The molecule has 0 saturated carbocycles. The number of nitrogens with zero attached hydrogens (tertiary/aromatic N) is 8. The first-order valence-corrected chi connectivity index (χ1v) is 46.0. The van der Waals surface area contributed by atoms with Crippen molar-refractivity contribution in [3.8, 4) is 113 Å². The van der Waals surface area contributed by atoms with Crippen LogP contribution in [0.2, 0.25) is 0 Å². The molecule has 22 aromatic carbocycles. The topological polar surface area (TPSA) is 84.4 Å². The molecule has 9 nitrogen and oxygen atoms in total. The lowest BCUT2D eigenvalue weighted by Crippen LogP contribution is -2.04. The summed E-state index contributed by atoms with van der Waals surface area (Å²) in [6.07, 6.45) is 0. The highest BCUT2D eigenvalue weighted by Gasteiger charge is 2.27. The Balaban J connectivity index is 0.000000135. The SMILES string of the molecule is c1ccc(-c2cccc(-c3cc(-c4cccc(-c5ccccc5)c4)nc(-n4c5ccccc5c5cc(-c6ccc7c8c6ccc6cccc(c68)n7-c6ccc7oc8ccccc8c7c6)ccc54)n3)c2)cc1.c1ccc2cc(-c3cc(-c4ccc5ccccc5c4)nc(-n4c5ccccc5c5cc(-c6ccc7c8c6ccc6cccc(c68)n7-c6ccc7ccccc7c6)ccc54)n3)ccc2c1. The molecule has 135 heavy (non-hydrogen) atoms. The fourth-order valence-corrected chi connectivity index (χ4v) is 21.7. The van der Waals surface area contributed by atoms with Crippen molar-refractivity contribution in [2.45, 2.75) is 0 Å². The van der Waals surface area contributed by atoms with Gasteiger partial charge in [-0.2, -0.15) is 0 Å². The molecule has 29 rings (SSSR count).